The SMILES string of the molecule is Fc1cc(-c2ncccn2)ccc1CNc1cc(Cl)nc2c(C3CC3)cnn12. The molecule has 0 saturated heterocycles. The molecule has 1 aliphatic rings. The minimum Gasteiger partial charge on any atom is -0.366 e. The van der Waals surface area contributed by atoms with Crippen LogP contribution in [0.2, 0.25) is 5.15 Å². The van der Waals surface area contributed by atoms with Gasteiger partial charge in [-0.1, -0.05) is 23.7 Å². The Morgan fingerprint density at radius 2 is 2.00 bits per heavy atom. The average molecular weight is 395 g/mol. The van der Waals surface area contributed by atoms with E-state index in [1.165, 1.54) is 6.07 Å². The molecule has 0 aliphatic heterocycles. The van der Waals surface area contributed by atoms with Gasteiger partial charge in [0, 0.05) is 41.7 Å². The number of rotatable bonds is 5. The third-order valence-electron chi connectivity index (χ3n) is 4.82. The summed E-state index contributed by atoms with van der Waals surface area (Å²) in [6, 6.07) is 8.40. The predicted octanol–water partition coefficient (Wildman–Crippen LogP) is 4.47. The van der Waals surface area contributed by atoms with Gasteiger partial charge in [-0.05, 0) is 30.9 Å². The highest BCUT2D eigenvalue weighted by molar-refractivity contribution is 6.29. The molecule has 140 valence electrons. The fourth-order valence-electron chi connectivity index (χ4n) is 3.22. The van der Waals surface area contributed by atoms with E-state index in [9.17, 15) is 4.39 Å². The number of anilines is 1. The van der Waals surface area contributed by atoms with E-state index in [0.717, 1.165) is 24.1 Å². The average Bonchev–Trinajstić information content (AvgIpc) is 3.47. The number of nitrogens with zero attached hydrogens (tertiary/aromatic N) is 5. The van der Waals surface area contributed by atoms with E-state index in [1.807, 2.05) is 12.3 Å². The fourth-order valence-corrected chi connectivity index (χ4v) is 3.41. The summed E-state index contributed by atoms with van der Waals surface area (Å²) in [5, 5.41) is 8.04. The molecule has 4 aromatic rings. The zero-order valence-electron chi connectivity index (χ0n) is 14.8. The highest BCUT2D eigenvalue weighted by Gasteiger charge is 2.28. The van der Waals surface area contributed by atoms with E-state index in [-0.39, 0.29) is 12.4 Å². The summed E-state index contributed by atoms with van der Waals surface area (Å²) in [5.41, 5.74) is 3.03. The lowest BCUT2D eigenvalue weighted by molar-refractivity contribution is 0.613. The number of hydrogen-bond acceptors (Lipinski definition) is 5. The van der Waals surface area contributed by atoms with Crippen LogP contribution in [0.15, 0.2) is 48.9 Å². The van der Waals surface area contributed by atoms with Crippen LogP contribution in [0.3, 0.4) is 0 Å². The molecule has 1 N–H and O–H groups in total. The number of hydrogen-bond donors (Lipinski definition) is 1. The van der Waals surface area contributed by atoms with Crippen molar-refractivity contribution in [3.8, 4) is 11.4 Å². The minimum atomic E-state index is -0.326. The molecule has 0 unspecified atom stereocenters. The molecule has 0 atom stereocenters. The molecule has 1 fully saturated rings. The van der Waals surface area contributed by atoms with Crippen LogP contribution in [-0.4, -0.2) is 24.6 Å². The molecule has 28 heavy (non-hydrogen) atoms. The Morgan fingerprint density at radius 1 is 1.18 bits per heavy atom. The lowest BCUT2D eigenvalue weighted by atomic mass is 10.1. The highest BCUT2D eigenvalue weighted by Crippen LogP contribution is 2.42. The molecule has 1 aliphatic carbocycles. The maximum atomic E-state index is 14.6. The van der Waals surface area contributed by atoms with Gasteiger partial charge in [0.15, 0.2) is 11.5 Å². The van der Waals surface area contributed by atoms with Gasteiger partial charge in [0.2, 0.25) is 0 Å². The van der Waals surface area contributed by atoms with Gasteiger partial charge >= 0.3 is 0 Å². The summed E-state index contributed by atoms with van der Waals surface area (Å²) in [5.74, 6) is 1.36. The Bertz CT molecular complexity index is 1160. The van der Waals surface area contributed by atoms with Crippen molar-refractivity contribution in [3.05, 3.63) is 71.0 Å². The molecule has 0 amide bonds. The quantitative estimate of drug-likeness (QED) is 0.506. The predicted molar refractivity (Wildman–Crippen MR) is 105 cm³/mol. The first-order valence-corrected chi connectivity index (χ1v) is 9.41. The molecular formula is C20H16ClFN6. The molecule has 1 aromatic carbocycles. The molecule has 3 heterocycles. The Hall–Kier alpha value is -3.06. The summed E-state index contributed by atoms with van der Waals surface area (Å²) in [4.78, 5) is 12.7. The van der Waals surface area contributed by atoms with Crippen LogP contribution in [0.4, 0.5) is 10.2 Å². The van der Waals surface area contributed by atoms with Crippen LogP contribution in [0.5, 0.6) is 0 Å². The normalized spacial score (nSPS) is 13.8. The van der Waals surface area contributed by atoms with Crippen LogP contribution in [-0.2, 0) is 6.54 Å². The summed E-state index contributed by atoms with van der Waals surface area (Å²) < 4.78 is 16.3. The van der Waals surface area contributed by atoms with Gasteiger partial charge in [-0.3, -0.25) is 0 Å². The number of halogens is 2. The fraction of sp³-hybridized carbons (Fsp3) is 0.200. The Labute approximate surface area is 165 Å². The van der Waals surface area contributed by atoms with Crippen LogP contribution in [0.1, 0.15) is 29.9 Å². The van der Waals surface area contributed by atoms with Crippen LogP contribution >= 0.6 is 11.6 Å². The molecule has 8 heteroatoms. The van der Waals surface area contributed by atoms with E-state index in [2.05, 4.69) is 25.4 Å². The Balaban J connectivity index is 1.41. The van der Waals surface area contributed by atoms with Crippen molar-refractivity contribution < 1.29 is 4.39 Å². The third-order valence-corrected chi connectivity index (χ3v) is 5.02. The van der Waals surface area contributed by atoms with Crippen molar-refractivity contribution in [1.82, 2.24) is 24.6 Å². The van der Waals surface area contributed by atoms with Gasteiger partial charge in [0.1, 0.15) is 16.8 Å². The molecule has 5 rings (SSSR count). The van der Waals surface area contributed by atoms with E-state index in [1.54, 1.807) is 35.1 Å². The Kier molecular flexibility index (Phi) is 4.16. The Morgan fingerprint density at radius 3 is 2.75 bits per heavy atom. The minimum absolute atomic E-state index is 0.288. The number of nitrogens with one attached hydrogen (secondary N) is 1. The van der Waals surface area contributed by atoms with Crippen molar-refractivity contribution in [3.63, 3.8) is 0 Å². The first kappa shape index (κ1) is 17.1. The van der Waals surface area contributed by atoms with Crippen LogP contribution < -0.4 is 5.32 Å². The topological polar surface area (TPSA) is 68.0 Å². The lowest BCUT2D eigenvalue weighted by Gasteiger charge is -2.10. The zero-order chi connectivity index (χ0) is 19.1. The maximum absolute atomic E-state index is 14.6. The standard InChI is InChI=1S/C20H16ClFN6/c21-17-9-18(28-20(27-17)15(11-26-28)12-2-3-12)25-10-14-5-4-13(8-16(14)22)19-23-6-1-7-24-19/h1,4-9,11-12,25H,2-3,10H2. The van der Waals surface area contributed by atoms with Crippen molar-refractivity contribution in [2.75, 3.05) is 5.32 Å². The number of benzene rings is 1. The smallest absolute Gasteiger partial charge is 0.162 e. The first-order valence-electron chi connectivity index (χ1n) is 9.03. The third kappa shape index (κ3) is 3.18. The largest absolute Gasteiger partial charge is 0.366 e. The molecule has 0 bridgehead atoms. The molecule has 1 saturated carbocycles. The van der Waals surface area contributed by atoms with Gasteiger partial charge in [0.05, 0.1) is 6.20 Å². The van der Waals surface area contributed by atoms with Gasteiger partial charge in [0.25, 0.3) is 0 Å². The maximum Gasteiger partial charge on any atom is 0.162 e. The monoisotopic (exact) mass is 394 g/mol. The van der Waals surface area contributed by atoms with Gasteiger partial charge in [-0.15, -0.1) is 0 Å². The summed E-state index contributed by atoms with van der Waals surface area (Å²) >= 11 is 6.20. The van der Waals surface area contributed by atoms with Crippen molar-refractivity contribution in [2.45, 2.75) is 25.3 Å². The molecule has 0 radical (unpaired) electrons. The second kappa shape index (κ2) is 6.83. The van der Waals surface area contributed by atoms with Crippen LogP contribution in [0, 0.1) is 5.82 Å². The number of aromatic nitrogens is 5. The van der Waals surface area contributed by atoms with Crippen molar-refractivity contribution >= 4 is 23.1 Å². The van der Waals surface area contributed by atoms with Gasteiger partial charge in [-0.2, -0.15) is 9.61 Å². The van der Waals surface area contributed by atoms with Crippen molar-refractivity contribution in [2.24, 2.45) is 0 Å². The molecular weight excluding hydrogens is 379 g/mol. The van der Waals surface area contributed by atoms with Gasteiger partial charge in [-0.25, -0.2) is 19.3 Å². The van der Waals surface area contributed by atoms with E-state index in [4.69, 9.17) is 11.6 Å². The summed E-state index contributed by atoms with van der Waals surface area (Å²) in [6.45, 7) is 0.288. The molecule has 0 spiro atoms. The van der Waals surface area contributed by atoms with Crippen molar-refractivity contribution in [1.29, 1.82) is 0 Å². The lowest BCUT2D eigenvalue weighted by Crippen LogP contribution is -2.07. The number of fused-ring (bicyclic) bond motifs is 1. The second-order valence-electron chi connectivity index (χ2n) is 6.81. The van der Waals surface area contributed by atoms with E-state index >= 15 is 0 Å². The molecule has 3 aromatic heterocycles. The van der Waals surface area contributed by atoms with Crippen LogP contribution in [0.25, 0.3) is 17.0 Å². The summed E-state index contributed by atoms with van der Waals surface area (Å²) in [6.07, 6.45) is 7.42. The highest BCUT2D eigenvalue weighted by atomic mass is 35.5. The first-order chi connectivity index (χ1) is 13.7. The van der Waals surface area contributed by atoms with E-state index in [0.29, 0.717) is 33.8 Å². The zero-order valence-corrected chi connectivity index (χ0v) is 15.6. The van der Waals surface area contributed by atoms with E-state index < -0.39 is 0 Å². The molecule has 6 nitrogen and oxygen atoms in total. The summed E-state index contributed by atoms with van der Waals surface area (Å²) in [7, 11) is 0. The second-order valence-corrected chi connectivity index (χ2v) is 7.19. The van der Waals surface area contributed by atoms with Gasteiger partial charge < -0.3 is 5.32 Å².